The molecular formula is C14H30N2O. The van der Waals surface area contributed by atoms with Gasteiger partial charge in [-0.2, -0.15) is 0 Å². The van der Waals surface area contributed by atoms with Gasteiger partial charge in [0.25, 0.3) is 0 Å². The van der Waals surface area contributed by atoms with Crippen LogP contribution in [-0.2, 0) is 4.74 Å². The molecule has 2 N–H and O–H groups in total. The highest BCUT2D eigenvalue weighted by Crippen LogP contribution is 2.37. The highest BCUT2D eigenvalue weighted by Gasteiger charge is 2.35. The van der Waals surface area contributed by atoms with Gasteiger partial charge in [0.2, 0.25) is 0 Å². The summed E-state index contributed by atoms with van der Waals surface area (Å²) >= 11 is 0. The molecule has 1 aliphatic carbocycles. The monoisotopic (exact) mass is 242 g/mol. The molecule has 1 aliphatic rings. The molecule has 0 radical (unpaired) electrons. The fraction of sp³-hybridized carbons (Fsp3) is 1.00. The molecule has 1 rings (SSSR count). The first-order valence-corrected chi connectivity index (χ1v) is 6.98. The van der Waals surface area contributed by atoms with Crippen LogP contribution in [0.1, 0.15) is 39.5 Å². The molecule has 1 saturated carbocycles. The zero-order valence-electron chi connectivity index (χ0n) is 12.0. The standard InChI is InChI=1S/C14H30N2O/c1-12(2)13-5-7-14(11-15,8-6-13)17-10-9-16(3)4/h12-13H,5-11,15H2,1-4H3. The van der Waals surface area contributed by atoms with Crippen LogP contribution in [0.15, 0.2) is 0 Å². The van der Waals surface area contributed by atoms with Gasteiger partial charge >= 0.3 is 0 Å². The van der Waals surface area contributed by atoms with Gasteiger partial charge in [-0.05, 0) is 51.6 Å². The van der Waals surface area contributed by atoms with Crippen molar-refractivity contribution in [1.82, 2.24) is 4.90 Å². The molecule has 0 aliphatic heterocycles. The van der Waals surface area contributed by atoms with Crippen molar-refractivity contribution in [2.24, 2.45) is 17.6 Å². The summed E-state index contributed by atoms with van der Waals surface area (Å²) in [5.41, 5.74) is 5.91. The molecule has 0 heterocycles. The van der Waals surface area contributed by atoms with Gasteiger partial charge in [0, 0.05) is 13.1 Å². The lowest BCUT2D eigenvalue weighted by Gasteiger charge is -2.40. The van der Waals surface area contributed by atoms with E-state index in [1.807, 2.05) is 0 Å². The number of ether oxygens (including phenoxy) is 1. The second kappa shape index (κ2) is 6.72. The summed E-state index contributed by atoms with van der Waals surface area (Å²) in [6.45, 7) is 7.11. The predicted octanol–water partition coefficient (Wildman–Crippen LogP) is 2.11. The van der Waals surface area contributed by atoms with E-state index in [-0.39, 0.29) is 5.60 Å². The van der Waals surface area contributed by atoms with Crippen molar-refractivity contribution in [3.05, 3.63) is 0 Å². The Morgan fingerprint density at radius 2 is 1.88 bits per heavy atom. The zero-order valence-corrected chi connectivity index (χ0v) is 12.0. The third-order valence-electron chi connectivity index (χ3n) is 4.20. The summed E-state index contributed by atoms with van der Waals surface area (Å²) in [7, 11) is 4.16. The predicted molar refractivity (Wildman–Crippen MR) is 73.1 cm³/mol. The third-order valence-corrected chi connectivity index (χ3v) is 4.20. The largest absolute Gasteiger partial charge is 0.372 e. The van der Waals surface area contributed by atoms with Crippen LogP contribution in [-0.4, -0.2) is 44.3 Å². The molecule has 0 aromatic rings. The molecule has 0 atom stereocenters. The van der Waals surface area contributed by atoms with E-state index in [0.29, 0.717) is 6.54 Å². The third kappa shape index (κ3) is 4.57. The quantitative estimate of drug-likeness (QED) is 0.775. The molecule has 0 saturated heterocycles. The first-order chi connectivity index (χ1) is 7.99. The van der Waals surface area contributed by atoms with E-state index in [1.165, 1.54) is 12.8 Å². The minimum Gasteiger partial charge on any atom is -0.372 e. The van der Waals surface area contributed by atoms with Gasteiger partial charge < -0.3 is 15.4 Å². The number of rotatable bonds is 6. The topological polar surface area (TPSA) is 38.5 Å². The van der Waals surface area contributed by atoms with E-state index in [4.69, 9.17) is 10.5 Å². The SMILES string of the molecule is CC(C)C1CCC(CN)(OCCN(C)C)CC1. The van der Waals surface area contributed by atoms with Gasteiger partial charge in [0.05, 0.1) is 12.2 Å². The minimum absolute atomic E-state index is 0.0264. The average molecular weight is 242 g/mol. The van der Waals surface area contributed by atoms with Crippen LogP contribution in [0.5, 0.6) is 0 Å². The fourth-order valence-electron chi connectivity index (χ4n) is 2.69. The van der Waals surface area contributed by atoms with Gasteiger partial charge in [-0.25, -0.2) is 0 Å². The van der Waals surface area contributed by atoms with Crippen molar-refractivity contribution < 1.29 is 4.74 Å². The van der Waals surface area contributed by atoms with E-state index >= 15 is 0 Å². The first-order valence-electron chi connectivity index (χ1n) is 6.98. The number of hydrogen-bond acceptors (Lipinski definition) is 3. The second-order valence-electron chi connectivity index (χ2n) is 6.12. The Bertz CT molecular complexity index is 203. The number of nitrogens with two attached hydrogens (primary N) is 1. The van der Waals surface area contributed by atoms with Crippen LogP contribution in [0, 0.1) is 11.8 Å². The summed E-state index contributed by atoms with van der Waals surface area (Å²) in [4.78, 5) is 2.16. The van der Waals surface area contributed by atoms with Gasteiger partial charge in [-0.1, -0.05) is 13.8 Å². The van der Waals surface area contributed by atoms with E-state index < -0.39 is 0 Å². The summed E-state index contributed by atoms with van der Waals surface area (Å²) in [6.07, 6.45) is 4.83. The van der Waals surface area contributed by atoms with E-state index in [1.54, 1.807) is 0 Å². The molecule has 0 bridgehead atoms. The summed E-state index contributed by atoms with van der Waals surface area (Å²) < 4.78 is 6.09. The summed E-state index contributed by atoms with van der Waals surface area (Å²) in [6, 6.07) is 0. The molecule has 1 fully saturated rings. The van der Waals surface area contributed by atoms with Crippen LogP contribution in [0.3, 0.4) is 0 Å². The molecule has 0 spiro atoms. The van der Waals surface area contributed by atoms with E-state index in [2.05, 4.69) is 32.8 Å². The molecule has 0 aromatic heterocycles. The smallest absolute Gasteiger partial charge is 0.0805 e. The maximum absolute atomic E-state index is 6.09. The highest BCUT2D eigenvalue weighted by atomic mass is 16.5. The van der Waals surface area contributed by atoms with Gasteiger partial charge in [-0.3, -0.25) is 0 Å². The Morgan fingerprint density at radius 3 is 2.29 bits per heavy atom. The van der Waals surface area contributed by atoms with Crippen molar-refractivity contribution in [2.45, 2.75) is 45.1 Å². The molecule has 102 valence electrons. The second-order valence-corrected chi connectivity index (χ2v) is 6.12. The zero-order chi connectivity index (χ0) is 12.9. The van der Waals surface area contributed by atoms with Crippen LogP contribution in [0.4, 0.5) is 0 Å². The van der Waals surface area contributed by atoms with Crippen molar-refractivity contribution in [1.29, 1.82) is 0 Å². The number of hydrogen-bond donors (Lipinski definition) is 1. The first kappa shape index (κ1) is 14.9. The number of likely N-dealkylation sites (N-methyl/N-ethyl adjacent to an activating group) is 1. The van der Waals surface area contributed by atoms with Crippen molar-refractivity contribution in [3.8, 4) is 0 Å². The van der Waals surface area contributed by atoms with Gasteiger partial charge in [-0.15, -0.1) is 0 Å². The van der Waals surface area contributed by atoms with Crippen molar-refractivity contribution in [2.75, 3.05) is 33.8 Å². The molecular weight excluding hydrogens is 212 g/mol. The van der Waals surface area contributed by atoms with Crippen molar-refractivity contribution in [3.63, 3.8) is 0 Å². The normalized spacial score (nSPS) is 30.2. The lowest BCUT2D eigenvalue weighted by atomic mass is 9.74. The Kier molecular flexibility index (Phi) is 5.90. The lowest BCUT2D eigenvalue weighted by Crippen LogP contribution is -2.45. The summed E-state index contributed by atoms with van der Waals surface area (Å²) in [5, 5.41) is 0. The Morgan fingerprint density at radius 1 is 1.29 bits per heavy atom. The van der Waals surface area contributed by atoms with Crippen LogP contribution in [0.25, 0.3) is 0 Å². The molecule has 0 aromatic carbocycles. The van der Waals surface area contributed by atoms with Gasteiger partial charge in [0.15, 0.2) is 0 Å². The lowest BCUT2D eigenvalue weighted by molar-refractivity contribution is -0.0774. The average Bonchev–Trinajstić information content (AvgIpc) is 2.29. The number of nitrogens with zero attached hydrogens (tertiary/aromatic N) is 1. The minimum atomic E-state index is -0.0264. The Labute approximate surface area is 107 Å². The summed E-state index contributed by atoms with van der Waals surface area (Å²) in [5.74, 6) is 1.67. The molecule has 0 amide bonds. The highest BCUT2D eigenvalue weighted by molar-refractivity contribution is 4.89. The maximum Gasteiger partial charge on any atom is 0.0805 e. The Balaban J connectivity index is 2.38. The maximum atomic E-state index is 6.09. The van der Waals surface area contributed by atoms with Crippen LogP contribution in [0.2, 0.25) is 0 Å². The van der Waals surface area contributed by atoms with Crippen LogP contribution >= 0.6 is 0 Å². The van der Waals surface area contributed by atoms with Gasteiger partial charge in [0.1, 0.15) is 0 Å². The van der Waals surface area contributed by atoms with E-state index in [9.17, 15) is 0 Å². The van der Waals surface area contributed by atoms with Crippen LogP contribution < -0.4 is 5.73 Å². The van der Waals surface area contributed by atoms with Crippen molar-refractivity contribution >= 4 is 0 Å². The fourth-order valence-corrected chi connectivity index (χ4v) is 2.69. The van der Waals surface area contributed by atoms with E-state index in [0.717, 1.165) is 37.8 Å². The Hall–Kier alpha value is -0.120. The molecule has 3 nitrogen and oxygen atoms in total. The molecule has 3 heteroatoms. The molecule has 0 unspecified atom stereocenters. The molecule has 17 heavy (non-hydrogen) atoms.